The molecule has 108 valence electrons. The average molecular weight is 324 g/mol. The summed E-state index contributed by atoms with van der Waals surface area (Å²) in [5, 5.41) is 12.2. The molecule has 21 heavy (non-hydrogen) atoms. The minimum atomic E-state index is -1.16. The lowest BCUT2D eigenvalue weighted by atomic mass is 10.1. The molecule has 0 aromatic heterocycles. The smallest absolute Gasteiger partial charge is 0.337 e. The van der Waals surface area contributed by atoms with Crippen molar-refractivity contribution in [3.05, 3.63) is 63.1 Å². The Hall–Kier alpha value is -2.04. The van der Waals surface area contributed by atoms with Crippen LogP contribution in [0.15, 0.2) is 36.4 Å². The first-order valence-electron chi connectivity index (χ1n) is 5.98. The molecule has 6 heteroatoms. The number of anilines is 1. The van der Waals surface area contributed by atoms with Crippen LogP contribution in [0.2, 0.25) is 10.0 Å². The predicted molar refractivity (Wildman–Crippen MR) is 82.6 cm³/mol. The first-order chi connectivity index (χ1) is 9.86. The minimum Gasteiger partial charge on any atom is -0.478 e. The van der Waals surface area contributed by atoms with E-state index < -0.39 is 5.97 Å². The Balaban J connectivity index is 2.27. The Kier molecular flexibility index (Phi) is 4.50. The topological polar surface area (TPSA) is 66.4 Å². The number of carbonyl (C=O) groups is 2. The molecule has 0 aliphatic rings. The molecule has 0 unspecified atom stereocenters. The lowest BCUT2D eigenvalue weighted by molar-refractivity contribution is 0.0696. The number of amides is 1. The van der Waals surface area contributed by atoms with Crippen molar-refractivity contribution >= 4 is 40.8 Å². The third-order valence-corrected chi connectivity index (χ3v) is 3.31. The molecule has 0 aliphatic carbocycles. The summed E-state index contributed by atoms with van der Waals surface area (Å²) in [4.78, 5) is 23.1. The van der Waals surface area contributed by atoms with Crippen molar-refractivity contribution < 1.29 is 14.7 Å². The fourth-order valence-electron chi connectivity index (χ4n) is 1.84. The van der Waals surface area contributed by atoms with Crippen LogP contribution in [0.25, 0.3) is 0 Å². The van der Waals surface area contributed by atoms with Gasteiger partial charge in [0.2, 0.25) is 0 Å². The zero-order valence-corrected chi connectivity index (χ0v) is 12.5. The molecule has 0 radical (unpaired) electrons. The number of hydrogen-bond donors (Lipinski definition) is 2. The van der Waals surface area contributed by atoms with Crippen molar-refractivity contribution in [3.63, 3.8) is 0 Å². The standard InChI is InChI=1S/C15H11Cl2NO3/c1-8-4-9(6-10(16)5-8)14(19)18-11-2-3-13(17)12(7-11)15(20)21/h2-7H,1H3,(H,18,19)(H,20,21). The molecule has 2 aromatic rings. The quantitative estimate of drug-likeness (QED) is 0.887. The molecule has 0 spiro atoms. The van der Waals surface area contributed by atoms with Gasteiger partial charge in [0.25, 0.3) is 5.91 Å². The molecule has 4 nitrogen and oxygen atoms in total. The maximum Gasteiger partial charge on any atom is 0.337 e. The van der Waals surface area contributed by atoms with Crippen molar-refractivity contribution in [2.75, 3.05) is 5.32 Å². The van der Waals surface area contributed by atoms with Gasteiger partial charge in [-0.2, -0.15) is 0 Å². The third-order valence-electron chi connectivity index (χ3n) is 2.76. The van der Waals surface area contributed by atoms with Crippen molar-refractivity contribution in [1.29, 1.82) is 0 Å². The van der Waals surface area contributed by atoms with Crippen molar-refractivity contribution in [3.8, 4) is 0 Å². The van der Waals surface area contributed by atoms with Crippen LogP contribution in [0.4, 0.5) is 5.69 Å². The number of aryl methyl sites for hydroxylation is 1. The summed E-state index contributed by atoms with van der Waals surface area (Å²) in [5.41, 5.74) is 1.53. The van der Waals surface area contributed by atoms with Gasteiger partial charge in [-0.15, -0.1) is 0 Å². The summed E-state index contributed by atoms with van der Waals surface area (Å²) in [5.74, 6) is -1.53. The highest BCUT2D eigenvalue weighted by Gasteiger charge is 2.12. The number of hydrogen-bond acceptors (Lipinski definition) is 2. The van der Waals surface area contributed by atoms with Crippen LogP contribution in [-0.2, 0) is 0 Å². The maximum atomic E-state index is 12.1. The molecule has 0 atom stereocenters. The van der Waals surface area contributed by atoms with Crippen LogP contribution in [0, 0.1) is 6.92 Å². The highest BCUT2D eigenvalue weighted by molar-refractivity contribution is 6.33. The van der Waals surface area contributed by atoms with E-state index in [4.69, 9.17) is 28.3 Å². The van der Waals surface area contributed by atoms with Gasteiger partial charge in [-0.05, 0) is 48.9 Å². The number of aromatic carboxylic acids is 1. The Labute approximate surface area is 131 Å². The molecular formula is C15H11Cl2NO3. The zero-order chi connectivity index (χ0) is 15.6. The summed E-state index contributed by atoms with van der Waals surface area (Å²) in [6.07, 6.45) is 0. The van der Waals surface area contributed by atoms with E-state index in [0.29, 0.717) is 16.3 Å². The lowest BCUT2D eigenvalue weighted by Crippen LogP contribution is -2.12. The zero-order valence-electron chi connectivity index (χ0n) is 11.0. The van der Waals surface area contributed by atoms with E-state index in [1.165, 1.54) is 24.3 Å². The highest BCUT2D eigenvalue weighted by atomic mass is 35.5. The fraction of sp³-hybridized carbons (Fsp3) is 0.0667. The van der Waals surface area contributed by atoms with Gasteiger partial charge in [0.05, 0.1) is 10.6 Å². The van der Waals surface area contributed by atoms with Crippen LogP contribution in [-0.4, -0.2) is 17.0 Å². The van der Waals surface area contributed by atoms with Crippen LogP contribution in [0.3, 0.4) is 0 Å². The maximum absolute atomic E-state index is 12.1. The second kappa shape index (κ2) is 6.16. The molecule has 1 amide bonds. The second-order valence-electron chi connectivity index (χ2n) is 4.47. The van der Waals surface area contributed by atoms with Gasteiger partial charge in [-0.1, -0.05) is 23.2 Å². The number of carbonyl (C=O) groups excluding carboxylic acids is 1. The van der Waals surface area contributed by atoms with Gasteiger partial charge in [0, 0.05) is 16.3 Å². The molecule has 0 aliphatic heterocycles. The number of benzene rings is 2. The molecule has 2 aromatic carbocycles. The van der Waals surface area contributed by atoms with Crippen molar-refractivity contribution in [2.45, 2.75) is 6.92 Å². The summed E-state index contributed by atoms with van der Waals surface area (Å²) in [6.45, 7) is 1.83. The molecular weight excluding hydrogens is 313 g/mol. The summed E-state index contributed by atoms with van der Waals surface area (Å²) in [6, 6.07) is 9.23. The third kappa shape index (κ3) is 3.74. The van der Waals surface area contributed by atoms with E-state index in [0.717, 1.165) is 5.56 Å². The van der Waals surface area contributed by atoms with E-state index in [-0.39, 0.29) is 16.5 Å². The molecule has 2 rings (SSSR count). The Morgan fingerprint density at radius 2 is 1.81 bits per heavy atom. The van der Waals surface area contributed by atoms with Gasteiger partial charge in [0.15, 0.2) is 0 Å². The average Bonchev–Trinajstić information content (AvgIpc) is 2.39. The molecule has 0 saturated carbocycles. The van der Waals surface area contributed by atoms with Gasteiger partial charge in [0.1, 0.15) is 0 Å². The number of carboxylic acids is 1. The second-order valence-corrected chi connectivity index (χ2v) is 5.31. The Bertz CT molecular complexity index is 709. The molecule has 2 N–H and O–H groups in total. The van der Waals surface area contributed by atoms with Crippen LogP contribution < -0.4 is 5.32 Å². The summed E-state index contributed by atoms with van der Waals surface area (Å²) in [7, 11) is 0. The monoisotopic (exact) mass is 323 g/mol. The van der Waals surface area contributed by atoms with Crippen molar-refractivity contribution in [2.24, 2.45) is 0 Å². The van der Waals surface area contributed by atoms with E-state index in [2.05, 4.69) is 5.32 Å². The SMILES string of the molecule is Cc1cc(Cl)cc(C(=O)Nc2ccc(Cl)c(C(=O)O)c2)c1. The number of halogens is 2. The van der Waals surface area contributed by atoms with E-state index >= 15 is 0 Å². The van der Waals surface area contributed by atoms with E-state index in [1.54, 1.807) is 12.1 Å². The van der Waals surface area contributed by atoms with Crippen LogP contribution in [0.1, 0.15) is 26.3 Å². The summed E-state index contributed by atoms with van der Waals surface area (Å²) >= 11 is 11.7. The van der Waals surface area contributed by atoms with E-state index in [9.17, 15) is 9.59 Å². The van der Waals surface area contributed by atoms with Crippen LogP contribution >= 0.6 is 23.2 Å². The normalized spacial score (nSPS) is 10.2. The molecule has 0 bridgehead atoms. The van der Waals surface area contributed by atoms with Gasteiger partial charge < -0.3 is 10.4 Å². The summed E-state index contributed by atoms with van der Waals surface area (Å²) < 4.78 is 0. The number of nitrogens with one attached hydrogen (secondary N) is 1. The predicted octanol–water partition coefficient (Wildman–Crippen LogP) is 4.25. The van der Waals surface area contributed by atoms with Gasteiger partial charge in [-0.25, -0.2) is 4.79 Å². The Morgan fingerprint density at radius 3 is 2.43 bits per heavy atom. The van der Waals surface area contributed by atoms with E-state index in [1.807, 2.05) is 6.92 Å². The number of rotatable bonds is 3. The van der Waals surface area contributed by atoms with Gasteiger partial charge in [-0.3, -0.25) is 4.79 Å². The lowest BCUT2D eigenvalue weighted by Gasteiger charge is -2.08. The first-order valence-corrected chi connectivity index (χ1v) is 6.74. The fourth-order valence-corrected chi connectivity index (χ4v) is 2.33. The largest absolute Gasteiger partial charge is 0.478 e. The molecule has 0 heterocycles. The van der Waals surface area contributed by atoms with Crippen molar-refractivity contribution in [1.82, 2.24) is 0 Å². The highest BCUT2D eigenvalue weighted by Crippen LogP contribution is 2.22. The first kappa shape index (κ1) is 15.4. The molecule has 0 fully saturated rings. The Morgan fingerprint density at radius 1 is 1.10 bits per heavy atom. The minimum absolute atomic E-state index is 0.0725. The van der Waals surface area contributed by atoms with Gasteiger partial charge >= 0.3 is 5.97 Å². The number of carboxylic acid groups (broad SMARTS) is 1. The molecule has 0 saturated heterocycles. The van der Waals surface area contributed by atoms with Crippen LogP contribution in [0.5, 0.6) is 0 Å².